The van der Waals surface area contributed by atoms with Crippen LogP contribution in [0.25, 0.3) is 0 Å². The number of nitrogens with one attached hydrogen (secondary N) is 2. The van der Waals surface area contributed by atoms with Gasteiger partial charge in [-0.1, -0.05) is 6.92 Å². The van der Waals surface area contributed by atoms with Gasteiger partial charge in [-0.2, -0.15) is 0 Å². The molecule has 4 N–H and O–H groups in total. The van der Waals surface area contributed by atoms with Crippen LogP contribution in [-0.2, 0) is 14.4 Å². The van der Waals surface area contributed by atoms with Gasteiger partial charge in [0.2, 0.25) is 5.91 Å². The molecular formula is C12H19N3O6. The van der Waals surface area contributed by atoms with Crippen molar-refractivity contribution in [3.05, 3.63) is 0 Å². The summed E-state index contributed by atoms with van der Waals surface area (Å²) in [6.45, 7) is 2.31. The van der Waals surface area contributed by atoms with Crippen molar-refractivity contribution in [3.63, 3.8) is 0 Å². The largest absolute Gasteiger partial charge is 0.480 e. The predicted octanol–water partition coefficient (Wildman–Crippen LogP) is -1.34. The first-order valence-electron chi connectivity index (χ1n) is 6.52. The van der Waals surface area contributed by atoms with Crippen molar-refractivity contribution in [2.75, 3.05) is 13.2 Å². The maximum absolute atomic E-state index is 12.1. The van der Waals surface area contributed by atoms with E-state index < -0.39 is 48.5 Å². The molecule has 0 bridgehead atoms. The molecule has 0 aromatic heterocycles. The molecule has 21 heavy (non-hydrogen) atoms. The number of hydrogen-bond acceptors (Lipinski definition) is 5. The molecule has 118 valence electrons. The van der Waals surface area contributed by atoms with Crippen molar-refractivity contribution in [2.24, 2.45) is 0 Å². The van der Waals surface area contributed by atoms with Crippen LogP contribution in [0.1, 0.15) is 26.7 Å². The smallest absolute Gasteiger partial charge is 0.326 e. The van der Waals surface area contributed by atoms with Crippen LogP contribution in [0.2, 0.25) is 0 Å². The Bertz CT molecular complexity index is 466. The summed E-state index contributed by atoms with van der Waals surface area (Å²) in [6, 6.07) is -1.95. The van der Waals surface area contributed by atoms with Crippen molar-refractivity contribution < 1.29 is 29.4 Å². The zero-order valence-corrected chi connectivity index (χ0v) is 11.9. The van der Waals surface area contributed by atoms with E-state index in [0.29, 0.717) is 6.42 Å². The van der Waals surface area contributed by atoms with E-state index >= 15 is 0 Å². The summed E-state index contributed by atoms with van der Waals surface area (Å²) in [4.78, 5) is 47.1. The van der Waals surface area contributed by atoms with E-state index in [0.717, 1.165) is 4.90 Å². The molecule has 0 spiro atoms. The maximum Gasteiger partial charge on any atom is 0.326 e. The molecular weight excluding hydrogens is 282 g/mol. The zero-order valence-electron chi connectivity index (χ0n) is 11.9. The van der Waals surface area contributed by atoms with E-state index in [4.69, 9.17) is 10.2 Å². The topological polar surface area (TPSA) is 136 Å². The van der Waals surface area contributed by atoms with Gasteiger partial charge in [-0.25, -0.2) is 9.59 Å². The first kappa shape index (κ1) is 16.9. The molecule has 1 unspecified atom stereocenters. The van der Waals surface area contributed by atoms with Crippen LogP contribution in [0.3, 0.4) is 0 Å². The Hall–Kier alpha value is -2.16. The van der Waals surface area contributed by atoms with Gasteiger partial charge in [0.25, 0.3) is 5.91 Å². The van der Waals surface area contributed by atoms with Crippen LogP contribution in [0.15, 0.2) is 0 Å². The molecule has 1 saturated heterocycles. The van der Waals surface area contributed by atoms with Gasteiger partial charge in [-0.3, -0.25) is 14.5 Å². The number of aliphatic hydroxyl groups excluding tert-OH is 1. The molecule has 1 aliphatic rings. The van der Waals surface area contributed by atoms with E-state index in [9.17, 15) is 19.2 Å². The number of rotatable bonds is 7. The Morgan fingerprint density at radius 1 is 1.43 bits per heavy atom. The predicted molar refractivity (Wildman–Crippen MR) is 70.2 cm³/mol. The van der Waals surface area contributed by atoms with Gasteiger partial charge in [-0.05, 0) is 13.3 Å². The third-order valence-electron chi connectivity index (χ3n) is 3.41. The summed E-state index contributed by atoms with van der Waals surface area (Å²) in [5, 5.41) is 22.2. The lowest BCUT2D eigenvalue weighted by Gasteiger charge is -2.19. The van der Waals surface area contributed by atoms with E-state index in [1.54, 1.807) is 13.8 Å². The van der Waals surface area contributed by atoms with Gasteiger partial charge >= 0.3 is 12.0 Å². The Labute approximate surface area is 121 Å². The lowest BCUT2D eigenvalue weighted by molar-refractivity contribution is -0.142. The quantitative estimate of drug-likeness (QED) is 0.430. The van der Waals surface area contributed by atoms with Crippen LogP contribution >= 0.6 is 0 Å². The van der Waals surface area contributed by atoms with Crippen LogP contribution < -0.4 is 10.6 Å². The molecule has 1 fully saturated rings. The minimum absolute atomic E-state index is 0.159. The van der Waals surface area contributed by atoms with Crippen molar-refractivity contribution in [3.8, 4) is 0 Å². The number of carboxylic acids is 1. The van der Waals surface area contributed by atoms with Gasteiger partial charge in [-0.15, -0.1) is 0 Å². The number of carboxylic acid groups (broad SMARTS) is 1. The molecule has 9 nitrogen and oxygen atoms in total. The summed E-state index contributed by atoms with van der Waals surface area (Å²) in [6.07, 6.45) is 0.214. The second-order valence-electron chi connectivity index (χ2n) is 4.98. The summed E-state index contributed by atoms with van der Waals surface area (Å²) in [5.74, 6) is -2.60. The molecule has 1 aliphatic heterocycles. The molecule has 9 heteroatoms. The van der Waals surface area contributed by atoms with Gasteiger partial charge in [0.05, 0.1) is 0 Å². The third-order valence-corrected chi connectivity index (χ3v) is 3.41. The summed E-state index contributed by atoms with van der Waals surface area (Å²) < 4.78 is 0. The molecule has 0 aliphatic carbocycles. The second kappa shape index (κ2) is 6.53. The van der Waals surface area contributed by atoms with Gasteiger partial charge in [0.15, 0.2) is 0 Å². The fraction of sp³-hybridized carbons (Fsp3) is 0.667. The SMILES string of the molecule is CCC1(C)NC(=O)N(CC(=O)N[C@@H](CCO)C(=O)O)C1=O. The number of carbonyl (C=O) groups excluding carboxylic acids is 3. The van der Waals surface area contributed by atoms with Crippen molar-refractivity contribution in [1.82, 2.24) is 15.5 Å². The Kier molecular flexibility index (Phi) is 5.25. The van der Waals surface area contributed by atoms with Gasteiger partial charge in [0, 0.05) is 13.0 Å². The minimum Gasteiger partial charge on any atom is -0.480 e. The molecule has 2 atom stereocenters. The lowest BCUT2D eigenvalue weighted by Crippen LogP contribution is -2.48. The Morgan fingerprint density at radius 3 is 2.48 bits per heavy atom. The number of aliphatic carboxylic acids is 1. The minimum atomic E-state index is -1.30. The number of amides is 4. The fourth-order valence-corrected chi connectivity index (χ4v) is 1.90. The molecule has 1 heterocycles. The first-order chi connectivity index (χ1) is 9.75. The highest BCUT2D eigenvalue weighted by molar-refractivity contribution is 6.08. The van der Waals surface area contributed by atoms with Crippen LogP contribution in [-0.4, -0.2) is 63.7 Å². The van der Waals surface area contributed by atoms with Gasteiger partial charge < -0.3 is 20.8 Å². The summed E-state index contributed by atoms with van der Waals surface area (Å²) >= 11 is 0. The average Bonchev–Trinajstić information content (AvgIpc) is 2.62. The van der Waals surface area contributed by atoms with Crippen LogP contribution in [0.5, 0.6) is 0 Å². The molecule has 0 aromatic rings. The molecule has 0 radical (unpaired) electrons. The number of hydrogen-bond donors (Lipinski definition) is 4. The molecule has 1 rings (SSSR count). The summed E-state index contributed by atoms with van der Waals surface area (Å²) in [5.41, 5.74) is -1.05. The number of nitrogens with zero attached hydrogens (tertiary/aromatic N) is 1. The number of imide groups is 1. The molecule has 0 aromatic carbocycles. The highest BCUT2D eigenvalue weighted by Crippen LogP contribution is 2.20. The number of urea groups is 1. The van der Waals surface area contributed by atoms with Crippen molar-refractivity contribution >= 4 is 23.8 Å². The maximum atomic E-state index is 12.1. The lowest BCUT2D eigenvalue weighted by atomic mass is 9.99. The van der Waals surface area contributed by atoms with E-state index in [-0.39, 0.29) is 6.42 Å². The highest BCUT2D eigenvalue weighted by Gasteiger charge is 2.47. The monoisotopic (exact) mass is 301 g/mol. The fourth-order valence-electron chi connectivity index (χ4n) is 1.90. The van der Waals surface area contributed by atoms with Gasteiger partial charge in [0.1, 0.15) is 18.1 Å². The normalized spacial score (nSPS) is 22.9. The number of aliphatic hydroxyl groups is 1. The second-order valence-corrected chi connectivity index (χ2v) is 4.98. The third kappa shape index (κ3) is 3.69. The average molecular weight is 301 g/mol. The van der Waals surface area contributed by atoms with E-state index in [2.05, 4.69) is 10.6 Å². The molecule has 0 saturated carbocycles. The number of carbonyl (C=O) groups is 4. The first-order valence-corrected chi connectivity index (χ1v) is 6.52. The Morgan fingerprint density at radius 2 is 2.05 bits per heavy atom. The van der Waals surface area contributed by atoms with E-state index in [1.165, 1.54) is 0 Å². The Balaban J connectivity index is 2.69. The highest BCUT2D eigenvalue weighted by atomic mass is 16.4. The van der Waals surface area contributed by atoms with Crippen LogP contribution in [0.4, 0.5) is 4.79 Å². The zero-order chi connectivity index (χ0) is 16.2. The van der Waals surface area contributed by atoms with E-state index in [1.807, 2.05) is 0 Å². The van der Waals surface area contributed by atoms with Crippen molar-refractivity contribution in [1.29, 1.82) is 0 Å². The van der Waals surface area contributed by atoms with Crippen molar-refractivity contribution in [2.45, 2.75) is 38.3 Å². The summed E-state index contributed by atoms with van der Waals surface area (Å²) in [7, 11) is 0. The standard InChI is InChI=1S/C12H19N3O6/c1-3-12(2)10(20)15(11(21)14-12)6-8(17)13-7(4-5-16)9(18)19/h7,16H,3-6H2,1-2H3,(H,13,17)(H,14,21)(H,18,19)/t7-,12?/m0/s1. The van der Waals surface area contributed by atoms with Crippen LogP contribution in [0, 0.1) is 0 Å². The molecule has 4 amide bonds.